The molecule has 0 unspecified atom stereocenters. The van der Waals surface area contributed by atoms with Crippen molar-refractivity contribution in [1.82, 2.24) is 0 Å². The van der Waals surface area contributed by atoms with Crippen molar-refractivity contribution in [3.05, 3.63) is 29.1 Å². The fraction of sp³-hybridized carbons (Fsp3) is 0.588. The smallest absolute Gasteiger partial charge is 0.650 e. The van der Waals surface area contributed by atoms with Gasteiger partial charge >= 0.3 is 29.6 Å². The number of ether oxygens (including phenoxy) is 1. The van der Waals surface area contributed by atoms with E-state index >= 15 is 0 Å². The first-order valence-electron chi connectivity index (χ1n) is 7.73. The van der Waals surface area contributed by atoms with E-state index in [0.29, 0.717) is 18.7 Å². The molecule has 118 valence electrons. The summed E-state index contributed by atoms with van der Waals surface area (Å²) in [6.07, 6.45) is 7.54. The van der Waals surface area contributed by atoms with Crippen molar-refractivity contribution in [3.8, 4) is 11.5 Å². The second-order valence-electron chi connectivity index (χ2n) is 5.23. The molecule has 0 spiro atoms. The van der Waals surface area contributed by atoms with Gasteiger partial charge in [0.15, 0.2) is 11.5 Å². The average Bonchev–Trinajstić information content (AvgIpc) is 2.50. The van der Waals surface area contributed by atoms with Gasteiger partial charge in [-0.1, -0.05) is 50.7 Å². The largest absolute Gasteiger partial charge is 1.00 e. The van der Waals surface area contributed by atoms with Crippen molar-refractivity contribution < 1.29 is 44.2 Å². The van der Waals surface area contributed by atoms with Crippen LogP contribution in [-0.2, 0) is 11.3 Å². The molecular formula is C17H26NNaO3. The number of carbonyl (C=O) groups is 1. The maximum atomic E-state index is 11.7. The molecule has 22 heavy (non-hydrogen) atoms. The number of hydrogen-bond acceptors (Lipinski definition) is 3. The summed E-state index contributed by atoms with van der Waals surface area (Å²) < 4.78 is 5.03. The van der Waals surface area contributed by atoms with Crippen LogP contribution in [0.5, 0.6) is 11.5 Å². The van der Waals surface area contributed by atoms with Gasteiger partial charge in [-0.3, -0.25) is 0 Å². The minimum atomic E-state index is -0.0440. The van der Waals surface area contributed by atoms with E-state index in [9.17, 15) is 9.90 Å². The second kappa shape index (κ2) is 12.8. The van der Waals surface area contributed by atoms with Gasteiger partial charge in [-0.25, -0.2) is 0 Å². The second-order valence-corrected chi connectivity index (χ2v) is 5.23. The Morgan fingerprint density at radius 3 is 2.55 bits per heavy atom. The Balaban J connectivity index is 0.00000441. The van der Waals surface area contributed by atoms with Crippen molar-refractivity contribution in [2.24, 2.45) is 0 Å². The van der Waals surface area contributed by atoms with Crippen LogP contribution in [0.3, 0.4) is 0 Å². The first-order chi connectivity index (χ1) is 10.2. The van der Waals surface area contributed by atoms with E-state index in [1.165, 1.54) is 32.8 Å². The Morgan fingerprint density at radius 2 is 1.86 bits per heavy atom. The average molecular weight is 315 g/mol. The van der Waals surface area contributed by atoms with Gasteiger partial charge in [-0.2, -0.15) is 0 Å². The molecule has 0 atom stereocenters. The number of carbonyl (C=O) groups excluding carboxylic acids is 1. The van der Waals surface area contributed by atoms with Crippen molar-refractivity contribution in [3.63, 3.8) is 0 Å². The summed E-state index contributed by atoms with van der Waals surface area (Å²) in [4.78, 5) is 11.7. The minimum Gasteiger partial charge on any atom is -0.650 e. The van der Waals surface area contributed by atoms with E-state index in [1.807, 2.05) is 0 Å². The van der Waals surface area contributed by atoms with Crippen LogP contribution in [0.4, 0.5) is 0 Å². The summed E-state index contributed by atoms with van der Waals surface area (Å²) in [6.45, 7) is 2.53. The Labute approximate surface area is 155 Å². The van der Waals surface area contributed by atoms with Gasteiger partial charge in [-0.05, 0) is 25.0 Å². The number of aromatic hydroxyl groups is 1. The van der Waals surface area contributed by atoms with Gasteiger partial charge in [0.2, 0.25) is 0 Å². The summed E-state index contributed by atoms with van der Waals surface area (Å²) >= 11 is 0. The third kappa shape index (κ3) is 8.66. The SMILES string of the molecule is CCCCCCCCC(=O)[N-]Cc1ccc(O)c(OC)c1.[Na+]. The van der Waals surface area contributed by atoms with Crippen molar-refractivity contribution in [1.29, 1.82) is 0 Å². The van der Waals surface area contributed by atoms with E-state index in [1.54, 1.807) is 18.2 Å². The van der Waals surface area contributed by atoms with E-state index < -0.39 is 0 Å². The number of phenolic OH excluding ortho intramolecular Hbond substituents is 1. The molecule has 0 fully saturated rings. The summed E-state index contributed by atoms with van der Waals surface area (Å²) in [5.41, 5.74) is 0.862. The summed E-state index contributed by atoms with van der Waals surface area (Å²) in [7, 11) is 1.50. The van der Waals surface area contributed by atoms with E-state index in [-0.39, 0.29) is 41.2 Å². The van der Waals surface area contributed by atoms with Crippen molar-refractivity contribution in [2.45, 2.75) is 58.4 Å². The normalized spacial score (nSPS) is 9.91. The van der Waals surface area contributed by atoms with Crippen molar-refractivity contribution >= 4 is 5.91 Å². The topological polar surface area (TPSA) is 60.6 Å². The van der Waals surface area contributed by atoms with Crippen LogP contribution in [-0.4, -0.2) is 18.1 Å². The predicted molar refractivity (Wildman–Crippen MR) is 84.7 cm³/mol. The molecule has 1 N–H and O–H groups in total. The maximum Gasteiger partial charge on any atom is 1.00 e. The van der Waals surface area contributed by atoms with Crippen LogP contribution in [0, 0.1) is 0 Å². The van der Waals surface area contributed by atoms with Crippen LogP contribution >= 0.6 is 0 Å². The van der Waals surface area contributed by atoms with Crippen LogP contribution < -0.4 is 34.3 Å². The predicted octanol–water partition coefficient (Wildman–Crippen LogP) is 1.56. The summed E-state index contributed by atoms with van der Waals surface area (Å²) in [5.74, 6) is 0.461. The first kappa shape index (κ1) is 21.3. The summed E-state index contributed by atoms with van der Waals surface area (Å²) in [6, 6.07) is 5.01. The molecular weight excluding hydrogens is 289 g/mol. The zero-order chi connectivity index (χ0) is 15.5. The Kier molecular flexibility index (Phi) is 12.4. The zero-order valence-corrected chi connectivity index (χ0v) is 16.1. The number of nitrogens with zero attached hydrogens (tertiary/aromatic N) is 1. The van der Waals surface area contributed by atoms with Gasteiger partial charge < -0.3 is 20.0 Å². The van der Waals surface area contributed by atoms with E-state index in [4.69, 9.17) is 4.74 Å². The molecule has 4 nitrogen and oxygen atoms in total. The Bertz CT molecular complexity index is 438. The quantitative estimate of drug-likeness (QED) is 0.526. The zero-order valence-electron chi connectivity index (χ0n) is 14.1. The van der Waals surface area contributed by atoms with Crippen LogP contribution in [0.15, 0.2) is 18.2 Å². The van der Waals surface area contributed by atoms with E-state index in [2.05, 4.69) is 12.2 Å². The molecule has 0 saturated heterocycles. The fourth-order valence-corrected chi connectivity index (χ4v) is 2.14. The molecule has 0 saturated carbocycles. The van der Waals surface area contributed by atoms with Crippen LogP contribution in [0.25, 0.3) is 5.32 Å². The Hall–Kier alpha value is -0.710. The number of rotatable bonds is 10. The maximum absolute atomic E-state index is 11.7. The molecule has 0 aliphatic rings. The molecule has 0 aromatic heterocycles. The van der Waals surface area contributed by atoms with Crippen LogP contribution in [0.1, 0.15) is 57.4 Å². The number of hydrogen-bond donors (Lipinski definition) is 1. The van der Waals surface area contributed by atoms with Gasteiger partial charge in [0, 0.05) is 0 Å². The molecule has 0 aliphatic carbocycles. The number of phenols is 1. The number of methoxy groups -OCH3 is 1. The molecule has 0 heterocycles. The molecule has 0 aliphatic heterocycles. The Morgan fingerprint density at radius 1 is 1.18 bits per heavy atom. The number of amides is 1. The fourth-order valence-electron chi connectivity index (χ4n) is 2.14. The van der Waals surface area contributed by atoms with E-state index in [0.717, 1.165) is 18.4 Å². The van der Waals surface area contributed by atoms with Crippen LogP contribution in [0.2, 0.25) is 0 Å². The van der Waals surface area contributed by atoms with Gasteiger partial charge in [0.25, 0.3) is 0 Å². The molecule has 1 aromatic rings. The molecule has 1 aromatic carbocycles. The molecule has 1 amide bonds. The summed E-state index contributed by atoms with van der Waals surface area (Å²) in [5, 5.41) is 13.6. The molecule has 1 rings (SSSR count). The number of benzene rings is 1. The third-order valence-corrected chi connectivity index (χ3v) is 3.43. The minimum absolute atomic E-state index is 0. The van der Waals surface area contributed by atoms with Gasteiger partial charge in [-0.15, -0.1) is 6.54 Å². The molecule has 5 heteroatoms. The van der Waals surface area contributed by atoms with Gasteiger partial charge in [0.1, 0.15) is 0 Å². The van der Waals surface area contributed by atoms with Gasteiger partial charge in [0.05, 0.1) is 13.0 Å². The van der Waals surface area contributed by atoms with Crippen molar-refractivity contribution in [2.75, 3.05) is 7.11 Å². The third-order valence-electron chi connectivity index (χ3n) is 3.43. The molecule has 0 radical (unpaired) electrons. The molecule has 0 bridgehead atoms. The standard InChI is InChI=1S/C17H27NO3.Na/c1-3-4-5-6-7-8-9-17(20)18-13-14-10-11-15(19)16(12-14)21-2;/h10-12H,3-9,13H2,1-2H3,(H2,18,19,20);/q;+1/p-1. The monoisotopic (exact) mass is 315 g/mol. The first-order valence-corrected chi connectivity index (χ1v) is 7.73. The number of unbranched alkanes of at least 4 members (excludes halogenated alkanes) is 5.